The summed E-state index contributed by atoms with van der Waals surface area (Å²) in [7, 11) is 0. The molecule has 1 amide bonds. The molecule has 6 nitrogen and oxygen atoms in total. The lowest BCUT2D eigenvalue weighted by Crippen LogP contribution is -2.23. The van der Waals surface area contributed by atoms with Gasteiger partial charge in [-0.25, -0.2) is 9.67 Å². The van der Waals surface area contributed by atoms with Gasteiger partial charge in [0.25, 0.3) is 5.91 Å². The van der Waals surface area contributed by atoms with Crippen molar-refractivity contribution in [1.29, 1.82) is 0 Å². The lowest BCUT2D eigenvalue weighted by atomic mass is 10.2. The Morgan fingerprint density at radius 2 is 1.89 bits per heavy atom. The van der Waals surface area contributed by atoms with Crippen molar-refractivity contribution < 1.29 is 4.79 Å². The Labute approximate surface area is 164 Å². The average molecular weight is 422 g/mol. The summed E-state index contributed by atoms with van der Waals surface area (Å²) < 4.78 is 4.57. The van der Waals surface area contributed by atoms with Gasteiger partial charge in [0, 0.05) is 35.3 Å². The van der Waals surface area contributed by atoms with Gasteiger partial charge in [-0.2, -0.15) is 5.10 Å². The fourth-order valence-electron chi connectivity index (χ4n) is 2.68. The van der Waals surface area contributed by atoms with E-state index < -0.39 is 0 Å². The maximum absolute atomic E-state index is 12.4. The first-order chi connectivity index (χ1) is 13.2. The van der Waals surface area contributed by atoms with E-state index in [0.717, 1.165) is 21.4 Å². The van der Waals surface area contributed by atoms with Crippen LogP contribution in [0.3, 0.4) is 0 Å². The molecule has 4 rings (SSSR count). The Balaban J connectivity index is 1.40. The molecule has 0 fully saturated rings. The summed E-state index contributed by atoms with van der Waals surface area (Å²) >= 11 is 3.44. The maximum atomic E-state index is 12.4. The Kier molecular flexibility index (Phi) is 4.84. The molecule has 0 radical (unpaired) electrons. The molecule has 0 aliphatic rings. The quantitative estimate of drug-likeness (QED) is 0.533. The number of hydrogen-bond acceptors (Lipinski definition) is 3. The second-order valence-corrected chi connectivity index (χ2v) is 6.86. The molecule has 27 heavy (non-hydrogen) atoms. The number of carbonyl (C=O) groups is 1. The van der Waals surface area contributed by atoms with E-state index in [1.165, 1.54) is 0 Å². The van der Waals surface area contributed by atoms with Gasteiger partial charge in [-0.1, -0.05) is 34.1 Å². The Morgan fingerprint density at radius 3 is 2.63 bits per heavy atom. The van der Waals surface area contributed by atoms with E-state index >= 15 is 0 Å². The van der Waals surface area contributed by atoms with Crippen LogP contribution in [0.4, 0.5) is 0 Å². The average Bonchev–Trinajstić information content (AvgIpc) is 3.38. The van der Waals surface area contributed by atoms with Gasteiger partial charge in [0.15, 0.2) is 5.69 Å². The van der Waals surface area contributed by atoms with Gasteiger partial charge in [0.2, 0.25) is 0 Å². The summed E-state index contributed by atoms with van der Waals surface area (Å²) in [6.07, 6.45) is 7.15. The van der Waals surface area contributed by atoms with Gasteiger partial charge in [-0.15, -0.1) is 0 Å². The molecule has 0 unspecified atom stereocenters. The number of benzene rings is 2. The highest BCUT2D eigenvalue weighted by Gasteiger charge is 2.10. The van der Waals surface area contributed by atoms with Gasteiger partial charge >= 0.3 is 0 Å². The number of nitrogens with one attached hydrogen (secondary N) is 1. The predicted octanol–water partition coefficient (Wildman–Crippen LogP) is 3.75. The minimum atomic E-state index is -0.206. The summed E-state index contributed by atoms with van der Waals surface area (Å²) in [6.45, 7) is 0.437. The molecule has 0 aliphatic heterocycles. The first-order valence-corrected chi connectivity index (χ1v) is 9.15. The lowest BCUT2D eigenvalue weighted by Gasteiger charge is -2.06. The first-order valence-electron chi connectivity index (χ1n) is 8.36. The Morgan fingerprint density at radius 1 is 1.04 bits per heavy atom. The summed E-state index contributed by atoms with van der Waals surface area (Å²) in [6, 6.07) is 17.4. The molecule has 0 saturated carbocycles. The second kappa shape index (κ2) is 7.59. The van der Waals surface area contributed by atoms with Gasteiger partial charge < -0.3 is 9.88 Å². The molecule has 2 heterocycles. The zero-order chi connectivity index (χ0) is 18.6. The number of amides is 1. The highest BCUT2D eigenvalue weighted by molar-refractivity contribution is 9.10. The van der Waals surface area contributed by atoms with Crippen molar-refractivity contribution in [1.82, 2.24) is 24.6 Å². The largest absolute Gasteiger partial charge is 0.347 e. The van der Waals surface area contributed by atoms with Crippen LogP contribution < -0.4 is 5.32 Å². The molecule has 4 aromatic rings. The minimum absolute atomic E-state index is 0.206. The molecule has 2 aromatic heterocycles. The maximum Gasteiger partial charge on any atom is 0.272 e. The number of rotatable bonds is 5. The number of halogens is 1. The van der Waals surface area contributed by atoms with Gasteiger partial charge in [0.1, 0.15) is 0 Å². The van der Waals surface area contributed by atoms with Crippen LogP contribution in [0, 0.1) is 0 Å². The van der Waals surface area contributed by atoms with E-state index in [2.05, 4.69) is 31.3 Å². The molecule has 0 spiro atoms. The Hall–Kier alpha value is -3.19. The van der Waals surface area contributed by atoms with Crippen molar-refractivity contribution in [3.63, 3.8) is 0 Å². The second-order valence-electron chi connectivity index (χ2n) is 5.94. The van der Waals surface area contributed by atoms with Crippen molar-refractivity contribution in [2.75, 3.05) is 0 Å². The normalized spacial score (nSPS) is 10.7. The SMILES string of the molecule is O=C(NCc1ccc(-n2ccnc2)cc1)c1ccn(-c2cccc(Br)c2)n1. The summed E-state index contributed by atoms with van der Waals surface area (Å²) in [5, 5.41) is 7.26. The van der Waals surface area contributed by atoms with Gasteiger partial charge in [-0.3, -0.25) is 4.79 Å². The predicted molar refractivity (Wildman–Crippen MR) is 106 cm³/mol. The molecule has 0 atom stereocenters. The zero-order valence-electron chi connectivity index (χ0n) is 14.3. The van der Waals surface area contributed by atoms with Crippen molar-refractivity contribution in [3.8, 4) is 11.4 Å². The first kappa shape index (κ1) is 17.2. The number of nitrogens with zero attached hydrogens (tertiary/aromatic N) is 4. The molecule has 0 saturated heterocycles. The molecule has 0 aliphatic carbocycles. The molecule has 2 aromatic carbocycles. The lowest BCUT2D eigenvalue weighted by molar-refractivity contribution is 0.0945. The summed E-state index contributed by atoms with van der Waals surface area (Å²) in [4.78, 5) is 16.4. The van der Waals surface area contributed by atoms with E-state index in [4.69, 9.17) is 0 Å². The molecule has 1 N–H and O–H groups in total. The van der Waals surface area contributed by atoms with Crippen LogP contribution in [0.15, 0.2) is 84.0 Å². The number of hydrogen-bond donors (Lipinski definition) is 1. The van der Waals surface area contributed by atoms with Crippen LogP contribution in [-0.2, 0) is 6.54 Å². The fourth-order valence-corrected chi connectivity index (χ4v) is 3.07. The zero-order valence-corrected chi connectivity index (χ0v) is 15.9. The third-order valence-electron chi connectivity index (χ3n) is 4.09. The third kappa shape index (κ3) is 3.98. The molecular formula is C20H16BrN5O. The van der Waals surface area contributed by atoms with E-state index in [0.29, 0.717) is 12.2 Å². The molecule has 7 heteroatoms. The molecule has 0 bridgehead atoms. The van der Waals surface area contributed by atoms with Gasteiger partial charge in [0.05, 0.1) is 12.0 Å². The van der Waals surface area contributed by atoms with Crippen LogP contribution in [0.5, 0.6) is 0 Å². The highest BCUT2D eigenvalue weighted by atomic mass is 79.9. The van der Waals surface area contributed by atoms with Crippen LogP contribution in [0.1, 0.15) is 16.1 Å². The highest BCUT2D eigenvalue weighted by Crippen LogP contribution is 2.15. The number of carbonyl (C=O) groups excluding carboxylic acids is 1. The summed E-state index contributed by atoms with van der Waals surface area (Å²) in [5.41, 5.74) is 3.30. The van der Waals surface area contributed by atoms with Crippen molar-refractivity contribution in [3.05, 3.63) is 95.2 Å². The third-order valence-corrected chi connectivity index (χ3v) is 4.58. The van der Waals surface area contributed by atoms with E-state index in [-0.39, 0.29) is 5.91 Å². The van der Waals surface area contributed by atoms with Crippen LogP contribution in [0.25, 0.3) is 11.4 Å². The number of imidazole rings is 1. The topological polar surface area (TPSA) is 64.7 Å². The monoisotopic (exact) mass is 421 g/mol. The van der Waals surface area contributed by atoms with Gasteiger partial charge in [-0.05, 0) is 42.0 Å². The smallest absolute Gasteiger partial charge is 0.272 e. The van der Waals surface area contributed by atoms with Crippen LogP contribution >= 0.6 is 15.9 Å². The molecule has 134 valence electrons. The van der Waals surface area contributed by atoms with Crippen LogP contribution in [-0.4, -0.2) is 25.2 Å². The Bertz CT molecular complexity index is 1050. The number of aromatic nitrogens is 4. The van der Waals surface area contributed by atoms with E-state index in [9.17, 15) is 4.79 Å². The van der Waals surface area contributed by atoms with Crippen molar-refractivity contribution >= 4 is 21.8 Å². The van der Waals surface area contributed by atoms with Crippen molar-refractivity contribution in [2.24, 2.45) is 0 Å². The molecular weight excluding hydrogens is 406 g/mol. The fraction of sp³-hybridized carbons (Fsp3) is 0.0500. The van der Waals surface area contributed by atoms with E-state index in [1.54, 1.807) is 29.5 Å². The van der Waals surface area contributed by atoms with Crippen molar-refractivity contribution in [2.45, 2.75) is 6.54 Å². The standard InChI is InChI=1S/C20H16BrN5O/c21-16-2-1-3-18(12-16)26-10-8-19(24-26)20(27)23-13-15-4-6-17(7-5-15)25-11-9-22-14-25/h1-12,14H,13H2,(H,23,27). The summed E-state index contributed by atoms with van der Waals surface area (Å²) in [5.74, 6) is -0.206. The van der Waals surface area contributed by atoms with E-state index in [1.807, 2.05) is 59.3 Å². The van der Waals surface area contributed by atoms with Crippen LogP contribution in [0.2, 0.25) is 0 Å². The minimum Gasteiger partial charge on any atom is -0.347 e.